The number of aromatic nitrogens is 3. The standard InChI is InChI=1S/C17H25N5O/c1-20(2)13-17(23)16-10-15-12-21(8-3-9-22(15)19-16)11-14-4-6-18-7-5-14/h4-7,10,17,23H,3,8-9,11-13H2,1-2H3. The molecule has 3 rings (SSSR count). The van der Waals surface area contributed by atoms with Crippen molar-refractivity contribution in [2.24, 2.45) is 0 Å². The van der Waals surface area contributed by atoms with Gasteiger partial charge in [0, 0.05) is 45.1 Å². The third-order valence-corrected chi connectivity index (χ3v) is 4.15. The number of aliphatic hydroxyl groups excluding tert-OH is 1. The molecule has 1 unspecified atom stereocenters. The molecule has 0 amide bonds. The van der Waals surface area contributed by atoms with Crippen LogP contribution in [0.25, 0.3) is 0 Å². The molecule has 0 aromatic carbocycles. The van der Waals surface area contributed by atoms with Crippen LogP contribution in [0.15, 0.2) is 30.6 Å². The van der Waals surface area contributed by atoms with E-state index in [1.165, 1.54) is 11.3 Å². The predicted octanol–water partition coefficient (Wildman–Crippen LogP) is 1.28. The minimum absolute atomic E-state index is 0.530. The van der Waals surface area contributed by atoms with Crippen molar-refractivity contribution < 1.29 is 5.11 Å². The smallest absolute Gasteiger partial charge is 0.110 e. The van der Waals surface area contributed by atoms with Crippen molar-refractivity contribution in [3.05, 3.63) is 47.5 Å². The molecule has 0 saturated carbocycles. The second-order valence-corrected chi connectivity index (χ2v) is 6.48. The van der Waals surface area contributed by atoms with Crippen LogP contribution in [0, 0.1) is 0 Å². The quantitative estimate of drug-likeness (QED) is 0.901. The molecule has 1 aliphatic heterocycles. The van der Waals surface area contributed by atoms with Gasteiger partial charge in [0.25, 0.3) is 0 Å². The van der Waals surface area contributed by atoms with E-state index < -0.39 is 6.10 Å². The van der Waals surface area contributed by atoms with Gasteiger partial charge in [-0.1, -0.05) is 0 Å². The SMILES string of the molecule is CN(C)CC(O)c1cc2n(n1)CCCN(Cc1ccncc1)C2. The van der Waals surface area contributed by atoms with Gasteiger partial charge in [0.15, 0.2) is 0 Å². The molecule has 2 aromatic rings. The summed E-state index contributed by atoms with van der Waals surface area (Å²) in [5, 5.41) is 14.9. The first kappa shape index (κ1) is 16.1. The number of hydrogen-bond acceptors (Lipinski definition) is 5. The Bertz CT molecular complexity index is 625. The van der Waals surface area contributed by atoms with Gasteiger partial charge in [-0.05, 0) is 44.3 Å². The molecule has 0 spiro atoms. The highest BCUT2D eigenvalue weighted by atomic mass is 16.3. The van der Waals surface area contributed by atoms with E-state index in [9.17, 15) is 5.11 Å². The highest BCUT2D eigenvalue weighted by molar-refractivity contribution is 5.15. The van der Waals surface area contributed by atoms with Crippen LogP contribution in [-0.4, -0.2) is 56.9 Å². The summed E-state index contributed by atoms with van der Waals surface area (Å²) in [4.78, 5) is 8.48. The van der Waals surface area contributed by atoms with Gasteiger partial charge in [0.2, 0.25) is 0 Å². The van der Waals surface area contributed by atoms with Crippen molar-refractivity contribution in [3.63, 3.8) is 0 Å². The summed E-state index contributed by atoms with van der Waals surface area (Å²) in [6, 6.07) is 6.18. The Labute approximate surface area is 137 Å². The third-order valence-electron chi connectivity index (χ3n) is 4.15. The predicted molar refractivity (Wildman–Crippen MR) is 88.7 cm³/mol. The molecule has 1 aliphatic rings. The summed E-state index contributed by atoms with van der Waals surface area (Å²) in [6.07, 6.45) is 4.22. The Kier molecular flexibility index (Phi) is 5.05. The monoisotopic (exact) mass is 315 g/mol. The molecule has 0 radical (unpaired) electrons. The highest BCUT2D eigenvalue weighted by Gasteiger charge is 2.20. The Balaban J connectivity index is 1.71. The number of hydrogen-bond donors (Lipinski definition) is 1. The lowest BCUT2D eigenvalue weighted by molar-refractivity contribution is 0.133. The molecule has 6 heteroatoms. The van der Waals surface area contributed by atoms with Crippen molar-refractivity contribution in [2.45, 2.75) is 32.2 Å². The maximum absolute atomic E-state index is 10.3. The van der Waals surface area contributed by atoms with Gasteiger partial charge in [-0.2, -0.15) is 5.10 Å². The van der Waals surface area contributed by atoms with Gasteiger partial charge in [-0.15, -0.1) is 0 Å². The van der Waals surface area contributed by atoms with Gasteiger partial charge >= 0.3 is 0 Å². The fourth-order valence-corrected chi connectivity index (χ4v) is 3.03. The van der Waals surface area contributed by atoms with E-state index in [0.29, 0.717) is 6.54 Å². The number of fused-ring (bicyclic) bond motifs is 1. The number of pyridine rings is 1. The van der Waals surface area contributed by atoms with Gasteiger partial charge in [-0.3, -0.25) is 14.6 Å². The van der Waals surface area contributed by atoms with E-state index in [4.69, 9.17) is 0 Å². The van der Waals surface area contributed by atoms with Gasteiger partial charge < -0.3 is 10.0 Å². The highest BCUT2D eigenvalue weighted by Crippen LogP contribution is 2.19. The van der Waals surface area contributed by atoms with E-state index in [-0.39, 0.29) is 0 Å². The zero-order valence-electron chi connectivity index (χ0n) is 13.9. The molecule has 2 aromatic heterocycles. The number of aryl methyl sites for hydroxylation is 1. The third kappa shape index (κ3) is 4.16. The van der Waals surface area contributed by atoms with Crippen LogP contribution < -0.4 is 0 Å². The van der Waals surface area contributed by atoms with Crippen LogP contribution in [0.5, 0.6) is 0 Å². The van der Waals surface area contributed by atoms with Crippen LogP contribution >= 0.6 is 0 Å². The van der Waals surface area contributed by atoms with Crippen LogP contribution in [0.2, 0.25) is 0 Å². The normalized spacial score (nSPS) is 17.0. The van der Waals surface area contributed by atoms with Crippen LogP contribution in [-0.2, 0) is 19.6 Å². The van der Waals surface area contributed by atoms with Crippen LogP contribution in [0.4, 0.5) is 0 Å². The Hall–Kier alpha value is -1.76. The fraction of sp³-hybridized carbons (Fsp3) is 0.529. The largest absolute Gasteiger partial charge is 0.385 e. The summed E-state index contributed by atoms with van der Waals surface area (Å²) in [7, 11) is 3.92. The number of rotatable bonds is 5. The maximum atomic E-state index is 10.3. The molecule has 0 saturated heterocycles. The van der Waals surface area contributed by atoms with Crippen LogP contribution in [0.3, 0.4) is 0 Å². The topological polar surface area (TPSA) is 57.4 Å². The van der Waals surface area contributed by atoms with Crippen molar-refractivity contribution in [1.29, 1.82) is 0 Å². The first-order valence-electron chi connectivity index (χ1n) is 8.12. The lowest BCUT2D eigenvalue weighted by Crippen LogP contribution is -2.23. The number of nitrogens with zero attached hydrogens (tertiary/aromatic N) is 5. The molecule has 124 valence electrons. The zero-order chi connectivity index (χ0) is 16.2. The summed E-state index contributed by atoms with van der Waals surface area (Å²) in [6.45, 7) is 4.35. The molecule has 1 N–H and O–H groups in total. The molecule has 0 aliphatic carbocycles. The van der Waals surface area contributed by atoms with Gasteiger partial charge in [0.1, 0.15) is 6.10 Å². The average molecular weight is 315 g/mol. The summed E-state index contributed by atoms with van der Waals surface area (Å²) < 4.78 is 2.06. The molecule has 0 fully saturated rings. The average Bonchev–Trinajstić information content (AvgIpc) is 2.82. The summed E-state index contributed by atoms with van der Waals surface area (Å²) >= 11 is 0. The molecule has 3 heterocycles. The molecular weight excluding hydrogens is 290 g/mol. The van der Waals surface area contributed by atoms with Gasteiger partial charge in [0.05, 0.1) is 11.4 Å². The van der Waals surface area contributed by atoms with Gasteiger partial charge in [-0.25, -0.2) is 0 Å². The second-order valence-electron chi connectivity index (χ2n) is 6.48. The zero-order valence-corrected chi connectivity index (χ0v) is 13.9. The summed E-state index contributed by atoms with van der Waals surface area (Å²) in [5.41, 5.74) is 3.24. The Morgan fingerprint density at radius 2 is 2.04 bits per heavy atom. The minimum atomic E-state index is -0.530. The Morgan fingerprint density at radius 1 is 1.26 bits per heavy atom. The lowest BCUT2D eigenvalue weighted by Gasteiger charge is -2.19. The molecule has 0 bridgehead atoms. The van der Waals surface area contributed by atoms with Crippen molar-refractivity contribution in [2.75, 3.05) is 27.2 Å². The van der Waals surface area contributed by atoms with E-state index in [1.807, 2.05) is 31.4 Å². The van der Waals surface area contributed by atoms with E-state index >= 15 is 0 Å². The maximum Gasteiger partial charge on any atom is 0.110 e. The van der Waals surface area contributed by atoms with E-state index in [2.05, 4.69) is 37.9 Å². The van der Waals surface area contributed by atoms with E-state index in [1.54, 1.807) is 0 Å². The first-order valence-corrected chi connectivity index (χ1v) is 8.12. The van der Waals surface area contributed by atoms with Crippen molar-refractivity contribution >= 4 is 0 Å². The molecule has 23 heavy (non-hydrogen) atoms. The number of likely N-dealkylation sites (N-methyl/N-ethyl adjacent to an activating group) is 1. The second kappa shape index (κ2) is 7.21. The lowest BCUT2D eigenvalue weighted by atomic mass is 10.2. The summed E-state index contributed by atoms with van der Waals surface area (Å²) in [5.74, 6) is 0. The molecular formula is C17H25N5O. The molecule has 1 atom stereocenters. The Morgan fingerprint density at radius 3 is 2.78 bits per heavy atom. The van der Waals surface area contributed by atoms with E-state index in [0.717, 1.165) is 38.3 Å². The molecule has 6 nitrogen and oxygen atoms in total. The minimum Gasteiger partial charge on any atom is -0.385 e. The number of aliphatic hydroxyl groups is 1. The van der Waals surface area contributed by atoms with Crippen molar-refractivity contribution in [1.82, 2.24) is 24.6 Å². The van der Waals surface area contributed by atoms with Crippen LogP contribution in [0.1, 0.15) is 29.5 Å². The van der Waals surface area contributed by atoms with Crippen molar-refractivity contribution in [3.8, 4) is 0 Å². The fourth-order valence-electron chi connectivity index (χ4n) is 3.03. The first-order chi connectivity index (χ1) is 11.1.